The molecule has 2 heterocycles. The topological polar surface area (TPSA) is 54.9 Å². The first-order valence-corrected chi connectivity index (χ1v) is 8.31. The van der Waals surface area contributed by atoms with E-state index in [4.69, 9.17) is 11.6 Å². The second kappa shape index (κ2) is 5.73. The van der Waals surface area contributed by atoms with E-state index in [0.29, 0.717) is 5.56 Å². The van der Waals surface area contributed by atoms with E-state index in [1.807, 2.05) is 31.2 Å². The molecule has 1 aliphatic rings. The molecule has 1 N–H and O–H groups in total. The van der Waals surface area contributed by atoms with Gasteiger partial charge in [0.25, 0.3) is 5.56 Å². The molecule has 1 unspecified atom stereocenters. The van der Waals surface area contributed by atoms with E-state index in [1.165, 1.54) is 4.57 Å². The normalized spacial score (nSPS) is 18.1. The Labute approximate surface area is 131 Å². The van der Waals surface area contributed by atoms with E-state index in [0.717, 1.165) is 29.1 Å². The predicted molar refractivity (Wildman–Crippen MR) is 87.5 cm³/mol. The van der Waals surface area contributed by atoms with E-state index in [9.17, 15) is 9.59 Å². The molecular weight excluding hydrogens is 308 g/mol. The van der Waals surface area contributed by atoms with Gasteiger partial charge in [0.1, 0.15) is 5.15 Å². The molecule has 0 radical (unpaired) electrons. The third kappa shape index (κ3) is 2.56. The SMILES string of the molecule is Cc1ccccc1-c1c(Cl)[nH]c(=O)n(C2CCSC2)c1=O. The van der Waals surface area contributed by atoms with Crippen LogP contribution in [0.25, 0.3) is 11.1 Å². The zero-order chi connectivity index (χ0) is 15.0. The van der Waals surface area contributed by atoms with Crippen molar-refractivity contribution >= 4 is 23.4 Å². The van der Waals surface area contributed by atoms with Crippen LogP contribution < -0.4 is 11.2 Å². The van der Waals surface area contributed by atoms with Gasteiger partial charge in [0.2, 0.25) is 0 Å². The number of hydrogen-bond acceptors (Lipinski definition) is 3. The molecule has 6 heteroatoms. The Balaban J connectivity index is 2.27. The summed E-state index contributed by atoms with van der Waals surface area (Å²) in [5.74, 6) is 1.76. The summed E-state index contributed by atoms with van der Waals surface area (Å²) in [5.41, 5.74) is 1.38. The minimum absolute atomic E-state index is 0.0497. The molecule has 0 amide bonds. The summed E-state index contributed by atoms with van der Waals surface area (Å²) in [7, 11) is 0. The van der Waals surface area contributed by atoms with Crippen LogP contribution in [0, 0.1) is 6.92 Å². The van der Waals surface area contributed by atoms with Crippen LogP contribution in [0.5, 0.6) is 0 Å². The lowest BCUT2D eigenvalue weighted by Crippen LogP contribution is -2.39. The van der Waals surface area contributed by atoms with Crippen molar-refractivity contribution in [1.29, 1.82) is 0 Å². The molecule has 1 aliphatic heterocycles. The van der Waals surface area contributed by atoms with Crippen molar-refractivity contribution in [3.63, 3.8) is 0 Å². The third-order valence-electron chi connectivity index (χ3n) is 3.77. The molecular formula is C15H15ClN2O2S. The van der Waals surface area contributed by atoms with Crippen LogP contribution in [0.3, 0.4) is 0 Å². The first-order valence-electron chi connectivity index (χ1n) is 6.77. The number of H-pyrrole nitrogens is 1. The molecule has 1 fully saturated rings. The molecule has 3 rings (SSSR count). The van der Waals surface area contributed by atoms with Gasteiger partial charge in [0.15, 0.2) is 0 Å². The van der Waals surface area contributed by atoms with Gasteiger partial charge < -0.3 is 0 Å². The quantitative estimate of drug-likeness (QED) is 0.865. The number of nitrogens with one attached hydrogen (secondary N) is 1. The molecule has 1 aromatic heterocycles. The highest BCUT2D eigenvalue weighted by atomic mass is 35.5. The molecule has 1 atom stereocenters. The first kappa shape index (κ1) is 14.5. The predicted octanol–water partition coefficient (Wildman–Crippen LogP) is 2.84. The van der Waals surface area contributed by atoms with Crippen molar-refractivity contribution < 1.29 is 0 Å². The Kier molecular flexibility index (Phi) is 3.95. The summed E-state index contributed by atoms with van der Waals surface area (Å²) in [4.78, 5) is 27.5. The molecule has 1 aromatic carbocycles. The standard InChI is InChI=1S/C15H15ClN2O2S/c1-9-4-2-3-5-11(9)12-13(16)17-15(20)18(14(12)19)10-6-7-21-8-10/h2-5,10H,6-8H2,1H3,(H,17,20). The molecule has 110 valence electrons. The number of thioether (sulfide) groups is 1. The highest BCUT2D eigenvalue weighted by Gasteiger charge is 2.24. The lowest BCUT2D eigenvalue weighted by Gasteiger charge is -2.15. The number of benzene rings is 1. The summed E-state index contributed by atoms with van der Waals surface area (Å²) in [6, 6.07) is 7.49. The lowest BCUT2D eigenvalue weighted by atomic mass is 10.0. The number of halogens is 1. The Morgan fingerprint density at radius 3 is 2.76 bits per heavy atom. The lowest BCUT2D eigenvalue weighted by molar-refractivity contribution is 0.515. The summed E-state index contributed by atoms with van der Waals surface area (Å²) in [5, 5.41) is 0.112. The average Bonchev–Trinajstić information content (AvgIpc) is 2.94. The molecule has 0 saturated carbocycles. The molecule has 1 saturated heterocycles. The van der Waals surface area contributed by atoms with Gasteiger partial charge in [0, 0.05) is 5.75 Å². The zero-order valence-corrected chi connectivity index (χ0v) is 13.1. The number of aromatic amines is 1. The number of aryl methyl sites for hydroxylation is 1. The largest absolute Gasteiger partial charge is 0.329 e. The van der Waals surface area contributed by atoms with E-state index in [-0.39, 0.29) is 16.8 Å². The molecule has 2 aromatic rings. The maximum Gasteiger partial charge on any atom is 0.329 e. The van der Waals surface area contributed by atoms with E-state index in [1.54, 1.807) is 11.8 Å². The van der Waals surface area contributed by atoms with Gasteiger partial charge in [-0.25, -0.2) is 4.79 Å². The van der Waals surface area contributed by atoms with E-state index in [2.05, 4.69) is 4.98 Å². The van der Waals surface area contributed by atoms with Crippen LogP contribution in [-0.4, -0.2) is 21.1 Å². The fraction of sp³-hybridized carbons (Fsp3) is 0.333. The molecule has 21 heavy (non-hydrogen) atoms. The molecule has 0 aliphatic carbocycles. The second-order valence-corrected chi connectivity index (χ2v) is 6.65. The fourth-order valence-electron chi connectivity index (χ4n) is 2.67. The number of nitrogens with zero attached hydrogens (tertiary/aromatic N) is 1. The highest BCUT2D eigenvalue weighted by molar-refractivity contribution is 7.99. The van der Waals surface area contributed by atoms with Gasteiger partial charge in [-0.2, -0.15) is 11.8 Å². The summed E-state index contributed by atoms with van der Waals surface area (Å²) < 4.78 is 1.33. The number of rotatable bonds is 2. The van der Waals surface area contributed by atoms with Gasteiger partial charge in [0.05, 0.1) is 11.6 Å². The van der Waals surface area contributed by atoms with Gasteiger partial charge >= 0.3 is 5.69 Å². The summed E-state index contributed by atoms with van der Waals surface area (Å²) >= 11 is 7.90. The molecule has 4 nitrogen and oxygen atoms in total. The van der Waals surface area contributed by atoms with Crippen LogP contribution in [0.1, 0.15) is 18.0 Å². The maximum atomic E-state index is 12.8. The zero-order valence-electron chi connectivity index (χ0n) is 11.6. The van der Waals surface area contributed by atoms with Crippen molar-refractivity contribution in [2.45, 2.75) is 19.4 Å². The molecule has 0 bridgehead atoms. The third-order valence-corrected chi connectivity index (χ3v) is 5.20. The summed E-state index contributed by atoms with van der Waals surface area (Å²) in [6.45, 7) is 1.92. The van der Waals surface area contributed by atoms with Crippen molar-refractivity contribution in [2.24, 2.45) is 0 Å². The van der Waals surface area contributed by atoms with Crippen molar-refractivity contribution in [3.8, 4) is 11.1 Å². The molecule has 0 spiro atoms. The maximum absolute atomic E-state index is 12.8. The second-order valence-electron chi connectivity index (χ2n) is 5.13. The van der Waals surface area contributed by atoms with E-state index < -0.39 is 5.69 Å². The fourth-order valence-corrected chi connectivity index (χ4v) is 4.12. The minimum Gasteiger partial charge on any atom is -0.297 e. The Morgan fingerprint density at radius 2 is 2.10 bits per heavy atom. The van der Waals surface area contributed by atoms with Crippen molar-refractivity contribution in [2.75, 3.05) is 11.5 Å². The Morgan fingerprint density at radius 1 is 1.33 bits per heavy atom. The van der Waals surface area contributed by atoms with Gasteiger partial charge in [-0.1, -0.05) is 35.9 Å². The van der Waals surface area contributed by atoms with Gasteiger partial charge in [-0.3, -0.25) is 14.3 Å². The number of aromatic nitrogens is 2. The minimum atomic E-state index is -0.421. The van der Waals surface area contributed by atoms with Gasteiger partial charge in [-0.05, 0) is 30.2 Å². The van der Waals surface area contributed by atoms with Crippen molar-refractivity contribution in [1.82, 2.24) is 9.55 Å². The smallest absolute Gasteiger partial charge is 0.297 e. The van der Waals surface area contributed by atoms with Crippen molar-refractivity contribution in [3.05, 3.63) is 55.8 Å². The monoisotopic (exact) mass is 322 g/mol. The Hall–Kier alpha value is -1.46. The summed E-state index contributed by atoms with van der Waals surface area (Å²) in [6.07, 6.45) is 0.836. The van der Waals surface area contributed by atoms with Crippen LogP contribution >= 0.6 is 23.4 Å². The van der Waals surface area contributed by atoms with Gasteiger partial charge in [-0.15, -0.1) is 0 Å². The highest BCUT2D eigenvalue weighted by Crippen LogP contribution is 2.28. The van der Waals surface area contributed by atoms with E-state index >= 15 is 0 Å². The van der Waals surface area contributed by atoms with Crippen LogP contribution in [-0.2, 0) is 0 Å². The van der Waals surface area contributed by atoms with Crippen LogP contribution in [0.15, 0.2) is 33.9 Å². The Bertz CT molecular complexity index is 791. The number of hydrogen-bond donors (Lipinski definition) is 1. The first-order chi connectivity index (χ1) is 10.1. The van der Waals surface area contributed by atoms with Crippen LogP contribution in [0.2, 0.25) is 5.15 Å². The average molecular weight is 323 g/mol. The van der Waals surface area contributed by atoms with Crippen LogP contribution in [0.4, 0.5) is 0 Å².